The quantitative estimate of drug-likeness (QED) is 0.774. The van der Waals surface area contributed by atoms with Crippen LogP contribution in [0.25, 0.3) is 11.0 Å². The third-order valence-electron chi connectivity index (χ3n) is 6.69. The van der Waals surface area contributed by atoms with E-state index in [1.165, 1.54) is 0 Å². The van der Waals surface area contributed by atoms with Crippen molar-refractivity contribution in [1.29, 1.82) is 0 Å². The minimum absolute atomic E-state index is 0.239. The first kappa shape index (κ1) is 17.9. The molecular formula is C20H28N6O2. The van der Waals surface area contributed by atoms with Crippen LogP contribution in [-0.2, 0) is 16.6 Å². The molecule has 1 atom stereocenters. The molecule has 5 heterocycles. The number of hydrogen-bond acceptors (Lipinski definition) is 6. The molecule has 1 unspecified atom stereocenters. The number of ether oxygens (including phenoxy) is 1. The van der Waals surface area contributed by atoms with Crippen molar-refractivity contribution in [3.05, 3.63) is 18.6 Å². The molecule has 8 heteroatoms. The lowest BCUT2D eigenvalue weighted by Gasteiger charge is -2.29. The Labute approximate surface area is 165 Å². The fraction of sp³-hybridized carbons (Fsp3) is 0.650. The van der Waals surface area contributed by atoms with Gasteiger partial charge in [0.15, 0.2) is 0 Å². The lowest BCUT2D eigenvalue weighted by Crippen LogP contribution is -2.43. The van der Waals surface area contributed by atoms with E-state index in [9.17, 15) is 4.79 Å². The highest BCUT2D eigenvalue weighted by molar-refractivity contribution is 5.90. The fourth-order valence-corrected chi connectivity index (χ4v) is 4.94. The largest absolute Gasteiger partial charge is 0.379 e. The first-order chi connectivity index (χ1) is 13.7. The van der Waals surface area contributed by atoms with Gasteiger partial charge in [-0.15, -0.1) is 0 Å². The van der Waals surface area contributed by atoms with E-state index in [0.717, 1.165) is 88.7 Å². The molecular weight excluding hydrogens is 356 g/mol. The summed E-state index contributed by atoms with van der Waals surface area (Å²) in [7, 11) is 2.00. The lowest BCUT2D eigenvalue weighted by molar-refractivity contribution is -0.135. The van der Waals surface area contributed by atoms with E-state index in [1.807, 2.05) is 17.8 Å². The van der Waals surface area contributed by atoms with Crippen LogP contribution in [0.3, 0.4) is 0 Å². The van der Waals surface area contributed by atoms with Gasteiger partial charge in [0.05, 0.1) is 24.0 Å². The van der Waals surface area contributed by atoms with E-state index in [-0.39, 0.29) is 5.41 Å². The number of aryl methyl sites for hydroxylation is 1. The second-order valence-corrected chi connectivity index (χ2v) is 8.31. The van der Waals surface area contributed by atoms with Crippen LogP contribution in [0.1, 0.15) is 12.8 Å². The minimum Gasteiger partial charge on any atom is -0.379 e. The molecule has 3 aliphatic rings. The van der Waals surface area contributed by atoms with Crippen molar-refractivity contribution in [3.8, 4) is 0 Å². The molecule has 1 spiro atoms. The zero-order valence-electron chi connectivity index (χ0n) is 16.5. The molecule has 8 nitrogen and oxygen atoms in total. The maximum absolute atomic E-state index is 13.3. The second kappa shape index (κ2) is 7.00. The smallest absolute Gasteiger partial charge is 0.230 e. The number of rotatable bonds is 4. The molecule has 150 valence electrons. The molecule has 3 aliphatic heterocycles. The SMILES string of the molecule is Cn1ccc2c(N3CCC4(CCN(CCN5CCOCC5)C4=O)C3)ncnc21. The second-order valence-electron chi connectivity index (χ2n) is 8.31. The summed E-state index contributed by atoms with van der Waals surface area (Å²) in [4.78, 5) is 29.0. The fourth-order valence-electron chi connectivity index (χ4n) is 4.94. The van der Waals surface area contributed by atoms with Crippen molar-refractivity contribution in [2.45, 2.75) is 12.8 Å². The average molecular weight is 384 g/mol. The molecule has 2 aromatic rings. The van der Waals surface area contributed by atoms with Gasteiger partial charge in [0.2, 0.25) is 5.91 Å². The van der Waals surface area contributed by atoms with Crippen LogP contribution in [0.15, 0.2) is 18.6 Å². The van der Waals surface area contributed by atoms with Gasteiger partial charge in [-0.3, -0.25) is 9.69 Å². The van der Waals surface area contributed by atoms with Gasteiger partial charge in [-0.05, 0) is 18.9 Å². The van der Waals surface area contributed by atoms with Gasteiger partial charge < -0.3 is 19.1 Å². The van der Waals surface area contributed by atoms with Gasteiger partial charge in [0.1, 0.15) is 17.8 Å². The Morgan fingerprint density at radius 2 is 1.93 bits per heavy atom. The highest BCUT2D eigenvalue weighted by atomic mass is 16.5. The monoisotopic (exact) mass is 384 g/mol. The number of anilines is 1. The molecule has 5 rings (SSSR count). The first-order valence-corrected chi connectivity index (χ1v) is 10.3. The van der Waals surface area contributed by atoms with Gasteiger partial charge in [0, 0.05) is 59.1 Å². The van der Waals surface area contributed by atoms with E-state index in [2.05, 4.69) is 30.7 Å². The van der Waals surface area contributed by atoms with Crippen LogP contribution in [0.5, 0.6) is 0 Å². The van der Waals surface area contributed by atoms with E-state index < -0.39 is 0 Å². The highest BCUT2D eigenvalue weighted by Crippen LogP contribution is 2.42. The number of aromatic nitrogens is 3. The van der Waals surface area contributed by atoms with Crippen LogP contribution in [-0.4, -0.2) is 89.3 Å². The maximum atomic E-state index is 13.3. The van der Waals surface area contributed by atoms with Gasteiger partial charge >= 0.3 is 0 Å². The van der Waals surface area contributed by atoms with Crippen molar-refractivity contribution in [3.63, 3.8) is 0 Å². The third-order valence-corrected chi connectivity index (χ3v) is 6.69. The molecule has 0 N–H and O–H groups in total. The molecule has 0 aromatic carbocycles. The summed E-state index contributed by atoms with van der Waals surface area (Å²) < 4.78 is 7.43. The molecule has 28 heavy (non-hydrogen) atoms. The number of carbonyl (C=O) groups excluding carboxylic acids is 1. The van der Waals surface area contributed by atoms with Crippen LogP contribution in [0, 0.1) is 5.41 Å². The third kappa shape index (κ3) is 2.95. The van der Waals surface area contributed by atoms with Crippen LogP contribution >= 0.6 is 0 Å². The van der Waals surface area contributed by atoms with Crippen molar-refractivity contribution in [2.75, 3.05) is 63.9 Å². The van der Waals surface area contributed by atoms with Crippen molar-refractivity contribution in [2.24, 2.45) is 12.5 Å². The zero-order valence-corrected chi connectivity index (χ0v) is 16.5. The Balaban J connectivity index is 1.27. The number of likely N-dealkylation sites (tertiary alicyclic amines) is 1. The predicted octanol–water partition coefficient (Wildman–Crippen LogP) is 0.729. The van der Waals surface area contributed by atoms with Gasteiger partial charge in [-0.1, -0.05) is 0 Å². The summed E-state index contributed by atoms with van der Waals surface area (Å²) in [5, 5.41) is 1.07. The summed E-state index contributed by atoms with van der Waals surface area (Å²) in [5.41, 5.74) is 0.702. The van der Waals surface area contributed by atoms with E-state index in [1.54, 1.807) is 6.33 Å². The lowest BCUT2D eigenvalue weighted by atomic mass is 9.85. The first-order valence-electron chi connectivity index (χ1n) is 10.3. The zero-order chi connectivity index (χ0) is 19.1. The van der Waals surface area contributed by atoms with Gasteiger partial charge in [0.25, 0.3) is 0 Å². The number of morpholine rings is 1. The van der Waals surface area contributed by atoms with Crippen molar-refractivity contribution < 1.29 is 9.53 Å². The Hall–Kier alpha value is -2.19. The summed E-state index contributed by atoms with van der Waals surface area (Å²) in [5.74, 6) is 1.30. The van der Waals surface area contributed by atoms with Gasteiger partial charge in [-0.2, -0.15) is 0 Å². The van der Waals surface area contributed by atoms with E-state index >= 15 is 0 Å². The van der Waals surface area contributed by atoms with E-state index in [0.29, 0.717) is 5.91 Å². The molecule has 2 aromatic heterocycles. The summed E-state index contributed by atoms with van der Waals surface area (Å²) >= 11 is 0. The molecule has 3 fully saturated rings. The van der Waals surface area contributed by atoms with Crippen LogP contribution < -0.4 is 4.90 Å². The number of fused-ring (bicyclic) bond motifs is 1. The summed E-state index contributed by atoms with van der Waals surface area (Å²) in [6, 6.07) is 2.07. The van der Waals surface area contributed by atoms with Crippen molar-refractivity contribution in [1.82, 2.24) is 24.3 Å². The molecule has 0 bridgehead atoms. The summed E-state index contributed by atoms with van der Waals surface area (Å²) in [6.45, 7) is 7.86. The Kier molecular flexibility index (Phi) is 4.47. The van der Waals surface area contributed by atoms with Crippen LogP contribution in [0.2, 0.25) is 0 Å². The molecule has 3 saturated heterocycles. The maximum Gasteiger partial charge on any atom is 0.230 e. The predicted molar refractivity (Wildman–Crippen MR) is 106 cm³/mol. The number of nitrogens with zero attached hydrogens (tertiary/aromatic N) is 6. The minimum atomic E-state index is -0.239. The standard InChI is InChI=1S/C20H28N6O2/c1-23-5-2-16-17(23)21-15-22-18(16)26-7-4-20(14-26)3-6-25(19(20)27)9-8-24-10-12-28-13-11-24/h2,5,15H,3-4,6-14H2,1H3. The molecule has 0 aliphatic carbocycles. The van der Waals surface area contributed by atoms with Crippen LogP contribution in [0.4, 0.5) is 5.82 Å². The normalized spacial score (nSPS) is 26.2. The number of carbonyl (C=O) groups is 1. The molecule has 1 amide bonds. The number of amides is 1. The highest BCUT2D eigenvalue weighted by Gasteiger charge is 2.51. The van der Waals surface area contributed by atoms with Crippen molar-refractivity contribution >= 4 is 22.8 Å². The topological polar surface area (TPSA) is 66.7 Å². The molecule has 0 radical (unpaired) electrons. The Morgan fingerprint density at radius 3 is 2.79 bits per heavy atom. The Morgan fingerprint density at radius 1 is 1.11 bits per heavy atom. The molecule has 0 saturated carbocycles. The van der Waals surface area contributed by atoms with Gasteiger partial charge in [-0.25, -0.2) is 9.97 Å². The van der Waals surface area contributed by atoms with E-state index in [4.69, 9.17) is 4.74 Å². The number of hydrogen-bond donors (Lipinski definition) is 0. The average Bonchev–Trinajstić information content (AvgIpc) is 3.41. The summed E-state index contributed by atoms with van der Waals surface area (Å²) in [6.07, 6.45) is 5.52. The Bertz CT molecular complexity index is 877.